The number of aromatic nitrogens is 2. The largest absolute Gasteiger partial charge is 0.490 e. The summed E-state index contributed by atoms with van der Waals surface area (Å²) in [6.45, 7) is 5.59. The fraction of sp³-hybridized carbons (Fsp3) is 0.300. The maximum atomic E-state index is 14.2. The van der Waals surface area contributed by atoms with Crippen molar-refractivity contribution in [2.45, 2.75) is 39.1 Å². The van der Waals surface area contributed by atoms with Crippen molar-refractivity contribution in [1.82, 2.24) is 9.97 Å². The number of aromatic amines is 1. The zero-order valence-electron chi connectivity index (χ0n) is 23.0. The summed E-state index contributed by atoms with van der Waals surface area (Å²) in [6.07, 6.45) is -1.77. The van der Waals surface area contributed by atoms with E-state index in [9.17, 15) is 23.5 Å². The third-order valence-electron chi connectivity index (χ3n) is 6.74. The van der Waals surface area contributed by atoms with Crippen molar-refractivity contribution in [2.24, 2.45) is 10.9 Å². The van der Waals surface area contributed by atoms with Crippen LogP contribution >= 0.6 is 0 Å². The van der Waals surface area contributed by atoms with Gasteiger partial charge in [0.25, 0.3) is 6.02 Å². The third-order valence-corrected chi connectivity index (χ3v) is 6.74. The van der Waals surface area contributed by atoms with E-state index in [2.05, 4.69) is 26.3 Å². The van der Waals surface area contributed by atoms with Crippen LogP contribution in [0.2, 0.25) is 0 Å². The number of aliphatic hydroxyl groups is 1. The maximum absolute atomic E-state index is 14.2. The molecule has 42 heavy (non-hydrogen) atoms. The Balaban J connectivity index is 1.50. The highest BCUT2D eigenvalue weighted by atomic mass is 19.4. The average molecular weight is 580 g/mol. The first-order valence-corrected chi connectivity index (χ1v) is 13.2. The molecule has 0 saturated heterocycles. The fourth-order valence-corrected chi connectivity index (χ4v) is 4.57. The van der Waals surface area contributed by atoms with Crippen LogP contribution < -0.4 is 14.8 Å². The molecular weight excluding hydrogens is 551 g/mol. The second-order valence-electron chi connectivity index (χ2n) is 10.1. The lowest BCUT2D eigenvalue weighted by Crippen LogP contribution is -2.35. The Morgan fingerprint density at radius 2 is 1.95 bits per heavy atom. The van der Waals surface area contributed by atoms with Crippen LogP contribution in [-0.4, -0.2) is 46.5 Å². The van der Waals surface area contributed by atoms with E-state index in [1.807, 2.05) is 13.8 Å². The number of rotatable bonds is 7. The highest BCUT2D eigenvalue weighted by molar-refractivity contribution is 5.98. The van der Waals surface area contributed by atoms with Crippen LogP contribution in [0, 0.1) is 17.2 Å². The molecular formula is C30H28F3N5O4. The lowest BCUT2D eigenvalue weighted by Gasteiger charge is -2.26. The molecule has 1 aliphatic heterocycles. The van der Waals surface area contributed by atoms with Gasteiger partial charge in [0.15, 0.2) is 0 Å². The monoisotopic (exact) mass is 579 g/mol. The molecule has 0 spiro atoms. The molecule has 2 unspecified atom stereocenters. The number of pyridine rings is 1. The fourth-order valence-electron chi connectivity index (χ4n) is 4.57. The Morgan fingerprint density at radius 1 is 1.17 bits per heavy atom. The first kappa shape index (κ1) is 28.8. The van der Waals surface area contributed by atoms with Gasteiger partial charge in [-0.25, -0.2) is 9.98 Å². The van der Waals surface area contributed by atoms with E-state index in [-0.39, 0.29) is 48.7 Å². The van der Waals surface area contributed by atoms with E-state index in [0.29, 0.717) is 33.5 Å². The summed E-state index contributed by atoms with van der Waals surface area (Å²) >= 11 is 0. The van der Waals surface area contributed by atoms with Crippen LogP contribution in [0.1, 0.15) is 31.9 Å². The Hall–Kier alpha value is -4.76. The second-order valence-corrected chi connectivity index (χ2v) is 10.1. The van der Waals surface area contributed by atoms with Gasteiger partial charge in [-0.3, -0.25) is 0 Å². The van der Waals surface area contributed by atoms with E-state index in [1.165, 1.54) is 24.4 Å². The summed E-state index contributed by atoms with van der Waals surface area (Å²) < 4.78 is 59.8. The summed E-state index contributed by atoms with van der Waals surface area (Å²) in [4.78, 5) is 11.6. The summed E-state index contributed by atoms with van der Waals surface area (Å²) in [7, 11) is 0. The van der Waals surface area contributed by atoms with E-state index >= 15 is 0 Å². The Morgan fingerprint density at radius 3 is 2.64 bits per heavy atom. The summed E-state index contributed by atoms with van der Waals surface area (Å²) in [5, 5.41) is 22.3. The Kier molecular flexibility index (Phi) is 7.95. The van der Waals surface area contributed by atoms with Crippen LogP contribution in [-0.2, 0) is 10.9 Å². The Labute approximate surface area is 239 Å². The standard InChI is InChI=1S/C30H28F3N5O4/c1-16(2)41-24-6-4-18(10-19(24)12-34)22-13-36-28-27(22)26(8-9-35-28)42-25-7-5-21(11-23(25)30(31,32)33)38-29-37-17(3)20(14-39)15-40-29/h4-11,13,16-17,20,39H,14-15H2,1-3H3,(H,35,36)(H,37,38). The van der Waals surface area contributed by atoms with Crippen LogP contribution in [0.4, 0.5) is 18.9 Å². The van der Waals surface area contributed by atoms with Gasteiger partial charge in [-0.2, -0.15) is 18.4 Å². The van der Waals surface area contributed by atoms with Gasteiger partial charge in [-0.15, -0.1) is 0 Å². The van der Waals surface area contributed by atoms with Gasteiger partial charge in [-0.1, -0.05) is 6.07 Å². The van der Waals surface area contributed by atoms with Crippen LogP contribution in [0.5, 0.6) is 17.2 Å². The van der Waals surface area contributed by atoms with Crippen LogP contribution in [0.25, 0.3) is 22.2 Å². The minimum Gasteiger partial charge on any atom is -0.490 e. The summed E-state index contributed by atoms with van der Waals surface area (Å²) in [5.74, 6) is -0.0227. The molecule has 0 amide bonds. The Bertz CT molecular complexity index is 1680. The van der Waals surface area contributed by atoms with Crippen molar-refractivity contribution in [3.63, 3.8) is 0 Å². The normalized spacial score (nSPS) is 17.0. The molecule has 0 saturated carbocycles. The van der Waals surface area contributed by atoms with Gasteiger partial charge in [-0.05, 0) is 62.7 Å². The number of ether oxygens (including phenoxy) is 3. The maximum Gasteiger partial charge on any atom is 0.420 e. The van der Waals surface area contributed by atoms with Gasteiger partial charge < -0.3 is 29.6 Å². The van der Waals surface area contributed by atoms with Crippen molar-refractivity contribution in [3.05, 3.63) is 66.0 Å². The number of nitrogens with one attached hydrogen (secondary N) is 2. The molecule has 1 aliphatic rings. The molecule has 9 nitrogen and oxygen atoms in total. The zero-order chi connectivity index (χ0) is 30.0. The van der Waals surface area contributed by atoms with E-state index in [0.717, 1.165) is 6.07 Å². The van der Waals surface area contributed by atoms with E-state index in [4.69, 9.17) is 14.2 Å². The molecule has 218 valence electrons. The van der Waals surface area contributed by atoms with Gasteiger partial charge >= 0.3 is 6.18 Å². The first-order chi connectivity index (χ1) is 20.1. The number of nitrogens with zero attached hydrogens (tertiary/aromatic N) is 3. The molecule has 0 bridgehead atoms. The number of H-pyrrole nitrogens is 1. The van der Waals surface area contributed by atoms with Crippen molar-refractivity contribution >= 4 is 22.7 Å². The molecule has 0 fully saturated rings. The number of aliphatic imine (C=N–C) groups is 1. The number of aliphatic hydroxyl groups excluding tert-OH is 1. The van der Waals surface area contributed by atoms with Crippen molar-refractivity contribution < 1.29 is 32.5 Å². The zero-order valence-corrected chi connectivity index (χ0v) is 23.0. The molecule has 2 aromatic heterocycles. The predicted octanol–water partition coefficient (Wildman–Crippen LogP) is 6.49. The number of hydrogen-bond acceptors (Lipinski definition) is 8. The SMILES string of the molecule is CC(C)Oc1ccc(-c2c[nH]c3nccc(Oc4ccc(NC5=NC(C)C(CO)CO5)cc4C(F)(F)F)c23)cc1C#N. The van der Waals surface area contributed by atoms with Gasteiger partial charge in [0.1, 0.15) is 34.5 Å². The van der Waals surface area contributed by atoms with Crippen molar-refractivity contribution in [3.8, 4) is 34.4 Å². The lowest BCUT2D eigenvalue weighted by molar-refractivity contribution is -0.138. The molecule has 0 aliphatic carbocycles. The van der Waals surface area contributed by atoms with Crippen molar-refractivity contribution in [1.29, 1.82) is 5.26 Å². The average Bonchev–Trinajstić information content (AvgIpc) is 3.39. The number of hydrogen-bond donors (Lipinski definition) is 3. The molecule has 4 aromatic rings. The number of fused-ring (bicyclic) bond motifs is 1. The highest BCUT2D eigenvalue weighted by Crippen LogP contribution is 2.43. The highest BCUT2D eigenvalue weighted by Gasteiger charge is 2.35. The second kappa shape index (κ2) is 11.6. The van der Waals surface area contributed by atoms with Gasteiger partial charge in [0, 0.05) is 29.6 Å². The number of amidine groups is 1. The topological polar surface area (TPSA) is 125 Å². The summed E-state index contributed by atoms with van der Waals surface area (Å²) in [6, 6.07) is 12.1. The molecule has 2 atom stereocenters. The molecule has 0 radical (unpaired) electrons. The summed E-state index contributed by atoms with van der Waals surface area (Å²) in [5.41, 5.74) is 1.05. The number of halogens is 3. The molecule has 3 N–H and O–H groups in total. The number of anilines is 1. The van der Waals surface area contributed by atoms with Gasteiger partial charge in [0.05, 0.1) is 36.3 Å². The minimum absolute atomic E-state index is 0.0725. The number of nitriles is 1. The molecule has 5 rings (SSSR count). The molecule has 12 heteroatoms. The third kappa shape index (κ3) is 5.96. The van der Waals surface area contributed by atoms with Gasteiger partial charge in [0.2, 0.25) is 0 Å². The smallest absolute Gasteiger partial charge is 0.420 e. The van der Waals surface area contributed by atoms with Crippen molar-refractivity contribution in [2.75, 3.05) is 18.5 Å². The predicted molar refractivity (Wildman–Crippen MR) is 151 cm³/mol. The first-order valence-electron chi connectivity index (χ1n) is 13.2. The number of alkyl halides is 3. The quantitative estimate of drug-likeness (QED) is 0.228. The van der Waals surface area contributed by atoms with Crippen LogP contribution in [0.3, 0.4) is 0 Å². The van der Waals surface area contributed by atoms with E-state index < -0.39 is 17.5 Å². The van der Waals surface area contributed by atoms with Crippen LogP contribution in [0.15, 0.2) is 59.9 Å². The number of benzene rings is 2. The minimum atomic E-state index is -4.74. The van der Waals surface area contributed by atoms with E-state index in [1.54, 1.807) is 31.3 Å². The molecule has 2 aromatic carbocycles. The lowest BCUT2D eigenvalue weighted by atomic mass is 10.0. The molecule has 3 heterocycles.